The van der Waals surface area contributed by atoms with Crippen LogP contribution in [0.2, 0.25) is 0 Å². The zero-order valence-electron chi connectivity index (χ0n) is 18.2. The van der Waals surface area contributed by atoms with E-state index in [1.807, 2.05) is 0 Å². The van der Waals surface area contributed by atoms with Crippen LogP contribution < -0.4 is 0 Å². The summed E-state index contributed by atoms with van der Waals surface area (Å²) in [6.45, 7) is 6.95. The van der Waals surface area contributed by atoms with Crippen molar-refractivity contribution in [2.24, 2.45) is 40.4 Å². The van der Waals surface area contributed by atoms with Crippen molar-refractivity contribution in [2.75, 3.05) is 0 Å². The second-order valence-electron chi connectivity index (χ2n) is 11.1. The Labute approximate surface area is 174 Å². The first kappa shape index (κ1) is 21.1. The Morgan fingerprint density at radius 1 is 1.14 bits per heavy atom. The molecule has 4 rings (SSSR count). The van der Waals surface area contributed by atoms with E-state index in [2.05, 4.69) is 20.8 Å². The molecule has 0 aromatic rings. The number of carboxylic acid groups (broad SMARTS) is 1. The highest BCUT2D eigenvalue weighted by Gasteiger charge is 2.61. The van der Waals surface area contributed by atoms with Crippen molar-refractivity contribution in [1.82, 2.24) is 0 Å². The van der Waals surface area contributed by atoms with Crippen LogP contribution in [0.25, 0.3) is 0 Å². The first-order chi connectivity index (χ1) is 13.6. The lowest BCUT2D eigenvalue weighted by molar-refractivity contribution is -0.166. The zero-order valence-corrected chi connectivity index (χ0v) is 18.2. The first-order valence-electron chi connectivity index (χ1n) is 11.7. The molecule has 164 valence electrons. The number of carbonyl (C=O) groups is 2. The lowest BCUT2D eigenvalue weighted by atomic mass is 9.51. The van der Waals surface area contributed by atoms with Gasteiger partial charge in [-0.15, -0.1) is 0 Å². The number of carboxylic acids is 1. The average Bonchev–Trinajstić information content (AvgIpc) is 2.95. The van der Waals surface area contributed by atoms with Crippen LogP contribution in [0.4, 0.5) is 0 Å². The predicted octanol–water partition coefficient (Wildman–Crippen LogP) is 4.41. The summed E-state index contributed by atoms with van der Waals surface area (Å²) in [5.74, 6) is 1.09. The van der Waals surface area contributed by atoms with Gasteiger partial charge >= 0.3 is 11.9 Å². The summed E-state index contributed by atoms with van der Waals surface area (Å²) in [4.78, 5) is 23.8. The van der Waals surface area contributed by atoms with Gasteiger partial charge in [-0.05, 0) is 80.0 Å². The molecule has 0 bridgehead atoms. The topological polar surface area (TPSA) is 83.8 Å². The molecule has 4 aliphatic rings. The largest absolute Gasteiger partial charge is 0.481 e. The molecule has 1 heterocycles. The molecular formula is C24H38O5. The molecule has 1 aliphatic heterocycles. The number of hydrogen-bond acceptors (Lipinski definition) is 4. The van der Waals surface area contributed by atoms with Crippen LogP contribution >= 0.6 is 0 Å². The molecular weight excluding hydrogens is 368 g/mol. The maximum Gasteiger partial charge on any atom is 0.306 e. The van der Waals surface area contributed by atoms with E-state index in [4.69, 9.17) is 9.84 Å². The van der Waals surface area contributed by atoms with Gasteiger partial charge in [-0.3, -0.25) is 9.59 Å². The second kappa shape index (κ2) is 7.55. The van der Waals surface area contributed by atoms with Gasteiger partial charge in [-0.25, -0.2) is 0 Å². The zero-order chi connectivity index (χ0) is 21.0. The molecule has 3 aliphatic carbocycles. The number of esters is 1. The van der Waals surface area contributed by atoms with Gasteiger partial charge in [-0.2, -0.15) is 0 Å². The molecule has 5 nitrogen and oxygen atoms in total. The SMILES string of the molecule is C[C@H](CCC(=O)O)C1CC[C@H]2[C@@H]3OC(=O)C[C@@H]4C[C@H](O)CC[C@]4(C)C3CC[C@]12C. The average molecular weight is 407 g/mol. The van der Waals surface area contributed by atoms with Crippen LogP contribution in [0.3, 0.4) is 0 Å². The normalized spacial score (nSPS) is 47.9. The molecule has 2 unspecified atom stereocenters. The van der Waals surface area contributed by atoms with E-state index in [0.717, 1.165) is 51.4 Å². The lowest BCUT2D eigenvalue weighted by Crippen LogP contribution is -2.53. The molecule has 3 saturated carbocycles. The van der Waals surface area contributed by atoms with E-state index in [1.165, 1.54) is 0 Å². The van der Waals surface area contributed by atoms with Crippen molar-refractivity contribution >= 4 is 11.9 Å². The molecule has 0 spiro atoms. The third-order valence-corrected chi connectivity index (χ3v) is 9.80. The molecule has 0 aromatic carbocycles. The molecule has 0 aromatic heterocycles. The van der Waals surface area contributed by atoms with Crippen molar-refractivity contribution in [3.8, 4) is 0 Å². The Morgan fingerprint density at radius 2 is 1.83 bits per heavy atom. The van der Waals surface area contributed by atoms with Gasteiger partial charge in [0.05, 0.1) is 6.10 Å². The smallest absolute Gasteiger partial charge is 0.306 e. The number of aliphatic hydroxyl groups excluding tert-OH is 1. The molecule has 29 heavy (non-hydrogen) atoms. The Bertz CT molecular complexity index is 662. The minimum absolute atomic E-state index is 0.0110. The van der Waals surface area contributed by atoms with Gasteiger partial charge in [0.25, 0.3) is 0 Å². The fourth-order valence-corrected chi connectivity index (χ4v) is 8.07. The van der Waals surface area contributed by atoms with E-state index >= 15 is 0 Å². The van der Waals surface area contributed by atoms with E-state index in [1.54, 1.807) is 0 Å². The van der Waals surface area contributed by atoms with E-state index in [0.29, 0.717) is 30.1 Å². The number of fused-ring (bicyclic) bond motifs is 5. The molecule has 1 saturated heterocycles. The molecule has 0 amide bonds. The van der Waals surface area contributed by atoms with Gasteiger partial charge < -0.3 is 14.9 Å². The highest BCUT2D eigenvalue weighted by Crippen LogP contribution is 2.65. The third-order valence-electron chi connectivity index (χ3n) is 9.80. The summed E-state index contributed by atoms with van der Waals surface area (Å²) in [6.07, 6.45) is 8.08. The minimum Gasteiger partial charge on any atom is -0.481 e. The van der Waals surface area contributed by atoms with Crippen molar-refractivity contribution in [3.63, 3.8) is 0 Å². The van der Waals surface area contributed by atoms with E-state index in [-0.39, 0.29) is 41.3 Å². The standard InChI is InChI=1S/C24H38O5/c1-14(4-7-20(26)27)17-5-6-18-22-19(9-11-24(17,18)3)23(2)10-8-16(25)12-15(23)13-21(28)29-22/h14-19,22,25H,4-13H2,1-3H3,(H,26,27)/t14-,15+,16-,17?,18+,19?,22+,23+,24-/m1/s1. The number of ether oxygens (including phenoxy) is 1. The fourth-order valence-electron chi connectivity index (χ4n) is 8.07. The van der Waals surface area contributed by atoms with Crippen molar-refractivity contribution in [2.45, 2.75) is 97.2 Å². The van der Waals surface area contributed by atoms with Crippen molar-refractivity contribution in [3.05, 3.63) is 0 Å². The molecule has 0 radical (unpaired) electrons. The van der Waals surface area contributed by atoms with Gasteiger partial charge in [0.2, 0.25) is 0 Å². The molecule has 5 heteroatoms. The van der Waals surface area contributed by atoms with Crippen LogP contribution in [-0.2, 0) is 14.3 Å². The van der Waals surface area contributed by atoms with Gasteiger partial charge in [0.1, 0.15) is 6.10 Å². The second-order valence-corrected chi connectivity index (χ2v) is 11.1. The van der Waals surface area contributed by atoms with E-state index in [9.17, 15) is 14.7 Å². The number of hydrogen-bond donors (Lipinski definition) is 2. The fraction of sp³-hybridized carbons (Fsp3) is 0.917. The van der Waals surface area contributed by atoms with Crippen LogP contribution in [0, 0.1) is 40.4 Å². The Hall–Kier alpha value is -1.10. The predicted molar refractivity (Wildman–Crippen MR) is 109 cm³/mol. The maximum absolute atomic E-state index is 12.8. The van der Waals surface area contributed by atoms with Gasteiger partial charge in [-0.1, -0.05) is 20.8 Å². The third kappa shape index (κ3) is 3.51. The van der Waals surface area contributed by atoms with Crippen LogP contribution in [0.5, 0.6) is 0 Å². The monoisotopic (exact) mass is 406 g/mol. The summed E-state index contributed by atoms with van der Waals surface area (Å²) in [7, 11) is 0. The van der Waals surface area contributed by atoms with Crippen LogP contribution in [-0.4, -0.2) is 34.4 Å². The van der Waals surface area contributed by atoms with Crippen molar-refractivity contribution < 1.29 is 24.5 Å². The van der Waals surface area contributed by atoms with Gasteiger partial charge in [0.15, 0.2) is 0 Å². The van der Waals surface area contributed by atoms with Gasteiger partial charge in [0, 0.05) is 24.7 Å². The Morgan fingerprint density at radius 3 is 2.55 bits per heavy atom. The molecule has 9 atom stereocenters. The van der Waals surface area contributed by atoms with E-state index < -0.39 is 5.97 Å². The lowest BCUT2D eigenvalue weighted by Gasteiger charge is -2.55. The first-order valence-corrected chi connectivity index (χ1v) is 11.7. The van der Waals surface area contributed by atoms with Crippen LogP contribution in [0.15, 0.2) is 0 Å². The van der Waals surface area contributed by atoms with Crippen molar-refractivity contribution in [1.29, 1.82) is 0 Å². The highest BCUT2D eigenvalue weighted by atomic mass is 16.5. The Kier molecular flexibility index (Phi) is 5.50. The number of aliphatic carboxylic acids is 1. The quantitative estimate of drug-likeness (QED) is 0.676. The summed E-state index contributed by atoms with van der Waals surface area (Å²) in [5, 5.41) is 19.3. The maximum atomic E-state index is 12.8. The molecule has 4 fully saturated rings. The number of carbonyl (C=O) groups excluding carboxylic acids is 1. The summed E-state index contributed by atoms with van der Waals surface area (Å²) in [6, 6.07) is 0. The minimum atomic E-state index is -0.712. The summed E-state index contributed by atoms with van der Waals surface area (Å²) >= 11 is 0. The number of aliphatic hydroxyl groups is 1. The number of rotatable bonds is 4. The highest BCUT2D eigenvalue weighted by molar-refractivity contribution is 5.70. The summed E-state index contributed by atoms with van der Waals surface area (Å²) in [5.41, 5.74) is 0.203. The van der Waals surface area contributed by atoms with Crippen LogP contribution in [0.1, 0.15) is 85.0 Å². The Balaban J connectivity index is 1.58. The summed E-state index contributed by atoms with van der Waals surface area (Å²) < 4.78 is 6.20. The molecule has 2 N–H and O–H groups in total.